The van der Waals surface area contributed by atoms with Crippen LogP contribution in [0.15, 0.2) is 60.7 Å². The molecule has 2 N–H and O–H groups in total. The lowest BCUT2D eigenvalue weighted by atomic mass is 9.64. The molecule has 0 unspecified atom stereocenters. The van der Waals surface area contributed by atoms with Crippen LogP contribution in [-0.4, -0.2) is 53.4 Å². The highest BCUT2D eigenvalue weighted by Crippen LogP contribution is 2.43. The molecule has 2 aromatic carbocycles. The molecule has 192 valence electrons. The van der Waals surface area contributed by atoms with Gasteiger partial charge in [-0.3, -0.25) is 9.00 Å². The predicted octanol–water partition coefficient (Wildman–Crippen LogP) is 4.70. The molecule has 1 heterocycles. The summed E-state index contributed by atoms with van der Waals surface area (Å²) in [4.78, 5) is 26.0. The summed E-state index contributed by atoms with van der Waals surface area (Å²) in [6.45, 7) is 2.98. The maximum atomic E-state index is 13.1. The van der Waals surface area contributed by atoms with E-state index in [2.05, 4.69) is 4.90 Å². The predicted molar refractivity (Wildman–Crippen MR) is 146 cm³/mol. The molecule has 1 aliphatic heterocycles. The SMILES string of the molecule is CS(C)=O.NC(=O)C(c1ccccc1)(c1ccccc1)[C@@H]1CCN(CCCCCCCCC=O)C1. The molecule has 2 aromatic rings. The minimum atomic E-state index is -0.796. The van der Waals surface area contributed by atoms with E-state index >= 15 is 0 Å². The summed E-state index contributed by atoms with van der Waals surface area (Å²) in [6, 6.07) is 20.2. The molecule has 1 saturated heterocycles. The number of benzene rings is 2. The zero-order valence-corrected chi connectivity index (χ0v) is 22.2. The molecule has 0 aliphatic carbocycles. The van der Waals surface area contributed by atoms with Crippen LogP contribution in [0.3, 0.4) is 0 Å². The molecule has 0 aromatic heterocycles. The van der Waals surface area contributed by atoms with Crippen molar-refractivity contribution in [2.24, 2.45) is 11.7 Å². The fourth-order valence-electron chi connectivity index (χ4n) is 5.19. The lowest BCUT2D eigenvalue weighted by molar-refractivity contribution is -0.123. The van der Waals surface area contributed by atoms with Crippen molar-refractivity contribution >= 4 is 23.0 Å². The average Bonchev–Trinajstić information content (AvgIpc) is 3.31. The van der Waals surface area contributed by atoms with Crippen molar-refractivity contribution in [1.82, 2.24) is 4.90 Å². The standard InChI is InChI=1S/C27H36N2O2.C2H6OS/c28-26(31)27(23-14-8-6-9-15-23,24-16-10-7-11-17-24)25-18-20-29(22-25)19-12-4-2-1-3-5-13-21-30;1-4(2)3/h6-11,14-17,21,25H,1-5,12-13,18-20,22H2,(H2,28,31);1-2H3/t25-;/m1./s1. The number of hydrogen-bond acceptors (Lipinski definition) is 4. The fourth-order valence-corrected chi connectivity index (χ4v) is 5.19. The smallest absolute Gasteiger partial charge is 0.232 e. The fraction of sp³-hybridized carbons (Fsp3) is 0.517. The minimum absolute atomic E-state index is 0.165. The Morgan fingerprint density at radius 3 is 1.91 bits per heavy atom. The third-order valence-electron chi connectivity index (χ3n) is 6.78. The van der Waals surface area contributed by atoms with Gasteiger partial charge in [-0.25, -0.2) is 0 Å². The van der Waals surface area contributed by atoms with Crippen molar-refractivity contribution in [1.29, 1.82) is 0 Å². The summed E-state index contributed by atoms with van der Waals surface area (Å²) < 4.78 is 9.56. The average molecular weight is 499 g/mol. The first-order valence-electron chi connectivity index (χ1n) is 12.7. The normalized spacial score (nSPS) is 16.0. The van der Waals surface area contributed by atoms with Gasteiger partial charge in [0.15, 0.2) is 0 Å². The van der Waals surface area contributed by atoms with Gasteiger partial charge in [-0.15, -0.1) is 0 Å². The highest BCUT2D eigenvalue weighted by Gasteiger charge is 2.49. The van der Waals surface area contributed by atoms with E-state index in [1.54, 1.807) is 12.5 Å². The highest BCUT2D eigenvalue weighted by atomic mass is 32.2. The van der Waals surface area contributed by atoms with Gasteiger partial charge in [-0.2, -0.15) is 0 Å². The Morgan fingerprint density at radius 2 is 1.43 bits per heavy atom. The van der Waals surface area contributed by atoms with Crippen LogP contribution in [0.4, 0.5) is 0 Å². The number of likely N-dealkylation sites (tertiary alicyclic amines) is 1. The molecule has 0 radical (unpaired) electrons. The van der Waals surface area contributed by atoms with Crippen molar-refractivity contribution in [3.05, 3.63) is 71.8 Å². The summed E-state index contributed by atoms with van der Waals surface area (Å²) in [6.07, 6.45) is 13.0. The highest BCUT2D eigenvalue weighted by molar-refractivity contribution is 7.83. The van der Waals surface area contributed by atoms with Crippen LogP contribution in [0.2, 0.25) is 0 Å². The van der Waals surface area contributed by atoms with E-state index in [0.29, 0.717) is 6.42 Å². The van der Waals surface area contributed by atoms with E-state index in [0.717, 1.165) is 56.3 Å². The van der Waals surface area contributed by atoms with Gasteiger partial charge < -0.3 is 15.4 Å². The molecule has 6 heteroatoms. The van der Waals surface area contributed by atoms with Gasteiger partial charge in [-0.1, -0.05) is 86.3 Å². The molecular weight excluding hydrogens is 456 g/mol. The van der Waals surface area contributed by atoms with Crippen LogP contribution >= 0.6 is 0 Å². The van der Waals surface area contributed by atoms with Gasteiger partial charge in [0.05, 0.1) is 0 Å². The molecule has 1 aliphatic rings. The molecule has 1 amide bonds. The van der Waals surface area contributed by atoms with E-state index in [-0.39, 0.29) is 11.8 Å². The zero-order chi connectivity index (χ0) is 25.5. The molecule has 0 bridgehead atoms. The van der Waals surface area contributed by atoms with Gasteiger partial charge in [0.25, 0.3) is 0 Å². The summed E-state index contributed by atoms with van der Waals surface area (Å²) in [7, 11) is -0.611. The van der Waals surface area contributed by atoms with Gasteiger partial charge in [-0.05, 0) is 49.4 Å². The van der Waals surface area contributed by atoms with Crippen molar-refractivity contribution in [2.75, 3.05) is 32.1 Å². The number of amides is 1. The number of unbranched alkanes of at least 4 members (excludes halogenated alkanes) is 6. The van der Waals surface area contributed by atoms with Gasteiger partial charge in [0.1, 0.15) is 11.7 Å². The lowest BCUT2D eigenvalue weighted by Crippen LogP contribution is -2.49. The number of aldehydes is 1. The molecule has 3 rings (SSSR count). The Labute approximate surface area is 213 Å². The first-order valence-corrected chi connectivity index (χ1v) is 14.7. The molecule has 1 atom stereocenters. The van der Waals surface area contributed by atoms with E-state index in [9.17, 15) is 13.8 Å². The Kier molecular flexibility index (Phi) is 12.9. The Bertz CT molecular complexity index is 861. The van der Waals surface area contributed by atoms with Crippen LogP contribution in [-0.2, 0) is 25.8 Å². The van der Waals surface area contributed by atoms with E-state index in [1.165, 1.54) is 25.7 Å². The Morgan fingerprint density at radius 1 is 0.943 bits per heavy atom. The maximum Gasteiger partial charge on any atom is 0.232 e. The number of nitrogens with two attached hydrogens (primary N) is 1. The molecule has 5 nitrogen and oxygen atoms in total. The van der Waals surface area contributed by atoms with Crippen molar-refractivity contribution in [3.63, 3.8) is 0 Å². The van der Waals surface area contributed by atoms with E-state index in [1.807, 2.05) is 60.7 Å². The van der Waals surface area contributed by atoms with Crippen LogP contribution in [0.1, 0.15) is 62.5 Å². The van der Waals surface area contributed by atoms with Crippen LogP contribution < -0.4 is 5.73 Å². The zero-order valence-electron chi connectivity index (χ0n) is 21.4. The molecule has 35 heavy (non-hydrogen) atoms. The maximum absolute atomic E-state index is 13.1. The second kappa shape index (κ2) is 15.6. The Balaban J connectivity index is 0.00000100. The van der Waals surface area contributed by atoms with Crippen LogP contribution in [0.5, 0.6) is 0 Å². The third-order valence-corrected chi connectivity index (χ3v) is 6.78. The molecule has 0 saturated carbocycles. The largest absolute Gasteiger partial charge is 0.369 e. The summed E-state index contributed by atoms with van der Waals surface area (Å²) in [5.41, 5.74) is 7.37. The van der Waals surface area contributed by atoms with E-state index in [4.69, 9.17) is 5.73 Å². The Hall–Kier alpha value is -2.31. The van der Waals surface area contributed by atoms with Crippen molar-refractivity contribution < 1.29 is 13.8 Å². The number of carbonyl (C=O) groups excluding carboxylic acids is 2. The number of primary amides is 1. The lowest BCUT2D eigenvalue weighted by Gasteiger charge is -2.37. The molecular formula is C29H42N2O3S. The summed E-state index contributed by atoms with van der Waals surface area (Å²) >= 11 is 0. The van der Waals surface area contributed by atoms with Crippen LogP contribution in [0.25, 0.3) is 0 Å². The minimum Gasteiger partial charge on any atom is -0.369 e. The topological polar surface area (TPSA) is 80.5 Å². The van der Waals surface area contributed by atoms with Crippen LogP contribution in [0, 0.1) is 5.92 Å². The van der Waals surface area contributed by atoms with E-state index < -0.39 is 16.2 Å². The number of carbonyl (C=O) groups is 2. The van der Waals surface area contributed by atoms with Gasteiger partial charge in [0.2, 0.25) is 5.91 Å². The number of rotatable bonds is 13. The monoisotopic (exact) mass is 498 g/mol. The second-order valence-corrected chi connectivity index (χ2v) is 11.0. The van der Waals surface area contributed by atoms with Crippen molar-refractivity contribution in [2.45, 2.75) is 56.8 Å². The number of nitrogens with zero attached hydrogens (tertiary/aromatic N) is 1. The van der Waals surface area contributed by atoms with Gasteiger partial charge in [0, 0.05) is 36.3 Å². The van der Waals surface area contributed by atoms with Crippen molar-refractivity contribution in [3.8, 4) is 0 Å². The first kappa shape index (κ1) is 28.9. The third kappa shape index (κ3) is 8.69. The summed E-state index contributed by atoms with van der Waals surface area (Å²) in [5.74, 6) is -0.0924. The molecule has 0 spiro atoms. The van der Waals surface area contributed by atoms with Gasteiger partial charge >= 0.3 is 0 Å². The number of hydrogen-bond donors (Lipinski definition) is 1. The quantitative estimate of drug-likeness (QED) is 0.321. The second-order valence-electron chi connectivity index (χ2n) is 9.51. The summed E-state index contributed by atoms with van der Waals surface area (Å²) in [5, 5.41) is 0. The first-order chi connectivity index (χ1) is 16.9. The molecule has 1 fully saturated rings.